The van der Waals surface area contributed by atoms with E-state index in [1.165, 1.54) is 70.6 Å². The monoisotopic (exact) mass is 296 g/mol. The van der Waals surface area contributed by atoms with Crippen LogP contribution in [0.4, 0.5) is 0 Å². The second-order valence-electron chi connectivity index (χ2n) is 6.62. The van der Waals surface area contributed by atoms with E-state index in [1.54, 1.807) is 0 Å². The topological polar surface area (TPSA) is 29.5 Å². The van der Waals surface area contributed by atoms with Crippen molar-refractivity contribution < 1.29 is 9.84 Å². The number of aliphatic hydroxyl groups excluding tert-OH is 1. The van der Waals surface area contributed by atoms with Crippen molar-refractivity contribution in [2.45, 2.75) is 90.1 Å². The van der Waals surface area contributed by atoms with Crippen molar-refractivity contribution in [2.24, 2.45) is 5.92 Å². The predicted octanol–water partition coefficient (Wildman–Crippen LogP) is 5.25. The molecule has 2 heteroatoms. The highest BCUT2D eigenvalue weighted by atomic mass is 16.5. The van der Waals surface area contributed by atoms with Gasteiger partial charge in [-0.2, -0.15) is 0 Å². The molecule has 1 rings (SSSR count). The fourth-order valence-corrected chi connectivity index (χ4v) is 3.24. The summed E-state index contributed by atoms with van der Waals surface area (Å²) in [7, 11) is 0. The van der Waals surface area contributed by atoms with Gasteiger partial charge in [-0.1, -0.05) is 84.1 Å². The number of hydrogen-bond acceptors (Lipinski definition) is 2. The van der Waals surface area contributed by atoms with E-state index in [0.717, 1.165) is 12.0 Å². The lowest BCUT2D eigenvalue weighted by molar-refractivity contribution is 0.0639. The summed E-state index contributed by atoms with van der Waals surface area (Å²) >= 11 is 0. The molecule has 0 amide bonds. The van der Waals surface area contributed by atoms with E-state index in [1.807, 2.05) is 0 Å². The summed E-state index contributed by atoms with van der Waals surface area (Å²) < 4.78 is 5.70. The van der Waals surface area contributed by atoms with Crippen LogP contribution in [0.2, 0.25) is 0 Å². The Morgan fingerprint density at radius 1 is 0.952 bits per heavy atom. The maximum absolute atomic E-state index is 9.34. The Balaban J connectivity index is 1.85. The Kier molecular flexibility index (Phi) is 10.9. The van der Waals surface area contributed by atoms with Gasteiger partial charge in [0.05, 0.1) is 19.3 Å². The maximum atomic E-state index is 9.34. The predicted molar refractivity (Wildman–Crippen MR) is 90.5 cm³/mol. The van der Waals surface area contributed by atoms with Crippen LogP contribution in [0, 0.1) is 5.92 Å². The van der Waals surface area contributed by atoms with Gasteiger partial charge in [0.2, 0.25) is 0 Å². The van der Waals surface area contributed by atoms with Gasteiger partial charge in [-0.15, -0.1) is 0 Å². The van der Waals surface area contributed by atoms with Crippen molar-refractivity contribution >= 4 is 0 Å². The Morgan fingerprint density at radius 2 is 1.48 bits per heavy atom. The van der Waals surface area contributed by atoms with E-state index in [9.17, 15) is 5.11 Å². The molecule has 0 aromatic carbocycles. The molecule has 0 unspecified atom stereocenters. The zero-order chi connectivity index (χ0) is 15.3. The molecule has 0 bridgehead atoms. The van der Waals surface area contributed by atoms with E-state index in [4.69, 9.17) is 4.74 Å². The second-order valence-corrected chi connectivity index (χ2v) is 6.62. The molecule has 1 fully saturated rings. The lowest BCUT2D eigenvalue weighted by Gasteiger charge is -2.16. The largest absolute Gasteiger partial charge is 0.396 e. The van der Waals surface area contributed by atoms with Gasteiger partial charge in [-0.25, -0.2) is 0 Å². The van der Waals surface area contributed by atoms with Crippen molar-refractivity contribution in [1.82, 2.24) is 0 Å². The highest BCUT2D eigenvalue weighted by molar-refractivity contribution is 5.08. The van der Waals surface area contributed by atoms with Crippen LogP contribution >= 0.6 is 0 Å². The van der Waals surface area contributed by atoms with Crippen LogP contribution in [0.15, 0.2) is 12.2 Å². The van der Waals surface area contributed by atoms with Crippen LogP contribution in [0.1, 0.15) is 84.0 Å². The zero-order valence-corrected chi connectivity index (χ0v) is 14.1. The molecule has 1 aliphatic rings. The Hall–Kier alpha value is -0.340. The van der Waals surface area contributed by atoms with Gasteiger partial charge >= 0.3 is 0 Å². The average molecular weight is 296 g/mol. The second kappa shape index (κ2) is 12.2. The third-order valence-electron chi connectivity index (χ3n) is 4.74. The zero-order valence-electron chi connectivity index (χ0n) is 14.1. The summed E-state index contributed by atoms with van der Waals surface area (Å²) in [5, 5.41) is 9.34. The quantitative estimate of drug-likeness (QED) is 0.371. The molecule has 2 atom stereocenters. The van der Waals surface area contributed by atoms with Gasteiger partial charge < -0.3 is 9.84 Å². The summed E-state index contributed by atoms with van der Waals surface area (Å²) in [6.07, 6.45) is 16.4. The minimum Gasteiger partial charge on any atom is -0.396 e. The lowest BCUT2D eigenvalue weighted by Crippen LogP contribution is -2.19. The fourth-order valence-electron chi connectivity index (χ4n) is 3.24. The van der Waals surface area contributed by atoms with Crippen LogP contribution in [-0.2, 0) is 4.74 Å². The molecule has 0 saturated carbocycles. The highest BCUT2D eigenvalue weighted by Crippen LogP contribution is 2.28. The first-order valence-electron chi connectivity index (χ1n) is 9.19. The molecule has 0 aliphatic carbocycles. The molecule has 2 nitrogen and oxygen atoms in total. The van der Waals surface area contributed by atoms with Crippen LogP contribution in [0.3, 0.4) is 0 Å². The first-order chi connectivity index (χ1) is 10.3. The van der Waals surface area contributed by atoms with Gasteiger partial charge in [0, 0.05) is 5.92 Å². The molecule has 0 aromatic rings. The molecule has 124 valence electrons. The molecule has 1 aliphatic heterocycles. The molecular weight excluding hydrogens is 260 g/mol. The Labute approximate surface area is 132 Å². The van der Waals surface area contributed by atoms with Crippen LogP contribution in [0.25, 0.3) is 0 Å². The molecule has 1 N–H and O–H groups in total. The molecular formula is C19H36O2. The van der Waals surface area contributed by atoms with E-state index < -0.39 is 0 Å². The lowest BCUT2D eigenvalue weighted by atomic mass is 9.94. The van der Waals surface area contributed by atoms with E-state index in [-0.39, 0.29) is 18.6 Å². The number of rotatable bonds is 13. The molecule has 1 heterocycles. The molecule has 0 radical (unpaired) electrons. The molecule has 0 aromatic heterocycles. The maximum Gasteiger partial charge on any atom is 0.0682 e. The van der Waals surface area contributed by atoms with Gasteiger partial charge in [-0.3, -0.25) is 0 Å². The van der Waals surface area contributed by atoms with E-state index in [0.29, 0.717) is 6.61 Å². The van der Waals surface area contributed by atoms with Crippen LogP contribution in [0.5, 0.6) is 0 Å². The first kappa shape index (κ1) is 18.7. The smallest absolute Gasteiger partial charge is 0.0682 e. The number of hydrogen-bond donors (Lipinski definition) is 1. The van der Waals surface area contributed by atoms with Crippen molar-refractivity contribution in [2.75, 3.05) is 13.2 Å². The molecule has 1 saturated heterocycles. The molecule has 21 heavy (non-hydrogen) atoms. The third-order valence-corrected chi connectivity index (χ3v) is 4.74. The van der Waals surface area contributed by atoms with Crippen molar-refractivity contribution in [3.63, 3.8) is 0 Å². The number of ether oxygens (including phenoxy) is 1. The van der Waals surface area contributed by atoms with E-state index >= 15 is 0 Å². The van der Waals surface area contributed by atoms with Gasteiger partial charge in [-0.05, 0) is 12.0 Å². The summed E-state index contributed by atoms with van der Waals surface area (Å²) in [6, 6.07) is 0. The number of aliphatic hydroxyl groups is 1. The molecule has 0 spiro atoms. The minimum atomic E-state index is 0.188. The van der Waals surface area contributed by atoms with Crippen LogP contribution < -0.4 is 0 Å². The first-order valence-corrected chi connectivity index (χ1v) is 9.19. The SMILES string of the molecule is C=C1CO[C@@H](CCCCCCCCCCCCC)[C@H]1CO. The third kappa shape index (κ3) is 8.01. The van der Waals surface area contributed by atoms with Gasteiger partial charge in [0.1, 0.15) is 0 Å². The van der Waals surface area contributed by atoms with Gasteiger partial charge in [0.25, 0.3) is 0 Å². The summed E-state index contributed by atoms with van der Waals surface area (Å²) in [5.41, 5.74) is 1.07. The standard InChI is InChI=1S/C19H36O2/c1-3-4-5-6-7-8-9-10-11-12-13-14-19-18(15-20)17(2)16-21-19/h18-20H,2-16H2,1H3/t18-,19-/m0/s1. The Bertz CT molecular complexity index is 262. The minimum absolute atomic E-state index is 0.188. The van der Waals surface area contributed by atoms with Crippen molar-refractivity contribution in [3.8, 4) is 0 Å². The summed E-state index contributed by atoms with van der Waals surface area (Å²) in [5.74, 6) is 0.188. The van der Waals surface area contributed by atoms with Crippen molar-refractivity contribution in [1.29, 1.82) is 0 Å². The van der Waals surface area contributed by atoms with Gasteiger partial charge in [0.15, 0.2) is 0 Å². The van der Waals surface area contributed by atoms with Crippen LogP contribution in [-0.4, -0.2) is 24.4 Å². The number of unbranched alkanes of at least 4 members (excludes halogenated alkanes) is 10. The van der Waals surface area contributed by atoms with E-state index in [2.05, 4.69) is 13.5 Å². The fraction of sp³-hybridized carbons (Fsp3) is 0.895. The summed E-state index contributed by atoms with van der Waals surface area (Å²) in [6.45, 7) is 7.09. The summed E-state index contributed by atoms with van der Waals surface area (Å²) in [4.78, 5) is 0. The average Bonchev–Trinajstić information content (AvgIpc) is 2.85. The highest BCUT2D eigenvalue weighted by Gasteiger charge is 2.29. The normalized spacial score (nSPS) is 22.1. The van der Waals surface area contributed by atoms with Crippen molar-refractivity contribution in [3.05, 3.63) is 12.2 Å². The Morgan fingerprint density at radius 3 is 2.00 bits per heavy atom.